The van der Waals surface area contributed by atoms with Gasteiger partial charge < -0.3 is 10.1 Å². The van der Waals surface area contributed by atoms with E-state index in [0.717, 1.165) is 28.9 Å². The van der Waals surface area contributed by atoms with Gasteiger partial charge in [0, 0.05) is 23.2 Å². The number of ether oxygens (including phenoxy) is 1. The molecule has 1 aromatic heterocycles. The molecule has 0 aliphatic rings. The van der Waals surface area contributed by atoms with Gasteiger partial charge in [0.1, 0.15) is 5.75 Å². The molecule has 0 saturated heterocycles. The molecule has 0 bridgehead atoms. The van der Waals surface area contributed by atoms with Gasteiger partial charge in [-0.05, 0) is 30.2 Å². The molecular formula is C15H18ClNOS. The molecule has 0 radical (unpaired) electrons. The second-order valence-corrected chi connectivity index (χ2v) is 6.59. The Kier molecular flexibility index (Phi) is 5.11. The Hall–Kier alpha value is -1.19. The number of benzene rings is 1. The first kappa shape index (κ1) is 14.2. The number of nitrogens with one attached hydrogen (secondary N) is 1. The second-order valence-electron chi connectivity index (χ2n) is 4.79. The highest BCUT2D eigenvalue weighted by Gasteiger charge is 2.01. The zero-order valence-electron chi connectivity index (χ0n) is 11.2. The van der Waals surface area contributed by atoms with Crippen molar-refractivity contribution in [1.82, 2.24) is 0 Å². The van der Waals surface area contributed by atoms with E-state index in [1.165, 1.54) is 4.88 Å². The van der Waals surface area contributed by atoms with Gasteiger partial charge in [-0.15, -0.1) is 11.3 Å². The fourth-order valence-electron chi connectivity index (χ4n) is 1.59. The Morgan fingerprint density at radius 2 is 2.11 bits per heavy atom. The second kappa shape index (κ2) is 6.83. The van der Waals surface area contributed by atoms with E-state index in [1.54, 1.807) is 11.3 Å². The van der Waals surface area contributed by atoms with E-state index < -0.39 is 0 Å². The summed E-state index contributed by atoms with van der Waals surface area (Å²) in [6.45, 7) is 5.81. The van der Waals surface area contributed by atoms with Gasteiger partial charge in [-0.3, -0.25) is 0 Å². The number of halogens is 1. The van der Waals surface area contributed by atoms with E-state index in [4.69, 9.17) is 16.3 Å². The minimum Gasteiger partial charge on any atom is -0.493 e. The third-order valence-electron chi connectivity index (χ3n) is 2.51. The Morgan fingerprint density at radius 3 is 2.79 bits per heavy atom. The normalized spacial score (nSPS) is 10.7. The molecule has 0 aliphatic carbocycles. The van der Waals surface area contributed by atoms with Crippen LogP contribution in [0.1, 0.15) is 18.7 Å². The Bertz CT molecular complexity index is 524. The Labute approximate surface area is 123 Å². The standard InChI is InChI=1S/C15H18ClNOS/c1-11(2)10-18-13-5-3-4-12(8-13)17-9-14-6-7-15(16)19-14/h3-8,11,17H,9-10H2,1-2H3. The van der Waals surface area contributed by atoms with Crippen LogP contribution in [0, 0.1) is 5.92 Å². The molecule has 0 saturated carbocycles. The minimum absolute atomic E-state index is 0.532. The van der Waals surface area contributed by atoms with Gasteiger partial charge in [-0.1, -0.05) is 31.5 Å². The summed E-state index contributed by atoms with van der Waals surface area (Å²) in [5.41, 5.74) is 1.06. The molecule has 2 aromatic rings. The highest BCUT2D eigenvalue weighted by molar-refractivity contribution is 7.16. The number of thiophene rings is 1. The van der Waals surface area contributed by atoms with Crippen LogP contribution in [-0.2, 0) is 6.54 Å². The van der Waals surface area contributed by atoms with Gasteiger partial charge in [0.25, 0.3) is 0 Å². The zero-order valence-corrected chi connectivity index (χ0v) is 12.7. The summed E-state index contributed by atoms with van der Waals surface area (Å²) < 4.78 is 6.53. The summed E-state index contributed by atoms with van der Waals surface area (Å²) in [5.74, 6) is 1.44. The lowest BCUT2D eigenvalue weighted by atomic mass is 10.2. The fourth-order valence-corrected chi connectivity index (χ4v) is 2.62. The van der Waals surface area contributed by atoms with Gasteiger partial charge in [0.05, 0.1) is 10.9 Å². The van der Waals surface area contributed by atoms with E-state index in [9.17, 15) is 0 Å². The highest BCUT2D eigenvalue weighted by atomic mass is 35.5. The first-order chi connectivity index (χ1) is 9.13. The summed E-state index contributed by atoms with van der Waals surface area (Å²) in [7, 11) is 0. The lowest BCUT2D eigenvalue weighted by Gasteiger charge is -2.10. The molecule has 2 nitrogen and oxygen atoms in total. The van der Waals surface area contributed by atoms with Crippen molar-refractivity contribution >= 4 is 28.6 Å². The van der Waals surface area contributed by atoms with Gasteiger partial charge in [-0.25, -0.2) is 0 Å². The van der Waals surface area contributed by atoms with E-state index in [-0.39, 0.29) is 0 Å². The fraction of sp³-hybridized carbons (Fsp3) is 0.333. The number of rotatable bonds is 6. The molecule has 1 heterocycles. The maximum absolute atomic E-state index is 5.91. The third-order valence-corrected chi connectivity index (χ3v) is 3.74. The van der Waals surface area contributed by atoms with E-state index in [0.29, 0.717) is 5.92 Å². The number of hydrogen-bond donors (Lipinski definition) is 1. The van der Waals surface area contributed by atoms with Crippen LogP contribution in [0.25, 0.3) is 0 Å². The van der Waals surface area contributed by atoms with E-state index >= 15 is 0 Å². The van der Waals surface area contributed by atoms with E-state index in [2.05, 4.69) is 19.2 Å². The minimum atomic E-state index is 0.532. The van der Waals surface area contributed by atoms with Crippen molar-refractivity contribution in [2.45, 2.75) is 20.4 Å². The van der Waals surface area contributed by atoms with Crippen LogP contribution >= 0.6 is 22.9 Å². The smallest absolute Gasteiger partial charge is 0.121 e. The predicted octanol–water partition coefficient (Wildman–Crippen LogP) is 5.05. The Morgan fingerprint density at radius 1 is 1.26 bits per heavy atom. The molecule has 0 amide bonds. The average molecular weight is 296 g/mol. The molecular weight excluding hydrogens is 278 g/mol. The van der Waals surface area contributed by atoms with Gasteiger partial charge in [-0.2, -0.15) is 0 Å². The topological polar surface area (TPSA) is 21.3 Å². The quantitative estimate of drug-likeness (QED) is 0.805. The molecule has 0 fully saturated rings. The molecule has 19 heavy (non-hydrogen) atoms. The maximum atomic E-state index is 5.91. The SMILES string of the molecule is CC(C)COc1cccc(NCc2ccc(Cl)s2)c1. The van der Waals surface area contributed by atoms with E-state index in [1.807, 2.05) is 36.4 Å². The van der Waals surface area contributed by atoms with Crippen molar-refractivity contribution in [2.75, 3.05) is 11.9 Å². The van der Waals surface area contributed by atoms with Crippen molar-refractivity contribution in [3.63, 3.8) is 0 Å². The summed E-state index contributed by atoms with van der Waals surface area (Å²) in [5, 5.41) is 3.37. The van der Waals surface area contributed by atoms with Gasteiger partial charge >= 0.3 is 0 Å². The summed E-state index contributed by atoms with van der Waals surface area (Å²) in [4.78, 5) is 1.22. The van der Waals surface area contributed by atoms with Crippen molar-refractivity contribution in [2.24, 2.45) is 5.92 Å². The molecule has 0 atom stereocenters. The van der Waals surface area contributed by atoms with Crippen LogP contribution in [0.3, 0.4) is 0 Å². The monoisotopic (exact) mass is 295 g/mol. The van der Waals surface area contributed by atoms with Crippen LogP contribution in [0.2, 0.25) is 4.34 Å². The number of anilines is 1. The zero-order chi connectivity index (χ0) is 13.7. The predicted molar refractivity (Wildman–Crippen MR) is 83.4 cm³/mol. The molecule has 0 spiro atoms. The largest absolute Gasteiger partial charge is 0.493 e. The highest BCUT2D eigenvalue weighted by Crippen LogP contribution is 2.23. The van der Waals surface area contributed by atoms with Crippen LogP contribution in [0.5, 0.6) is 5.75 Å². The number of hydrogen-bond acceptors (Lipinski definition) is 3. The molecule has 4 heteroatoms. The lowest BCUT2D eigenvalue weighted by Crippen LogP contribution is -2.05. The first-order valence-electron chi connectivity index (χ1n) is 6.34. The summed E-state index contributed by atoms with van der Waals surface area (Å²) >= 11 is 7.51. The van der Waals surface area contributed by atoms with Crippen LogP contribution in [-0.4, -0.2) is 6.61 Å². The first-order valence-corrected chi connectivity index (χ1v) is 7.54. The summed E-state index contributed by atoms with van der Waals surface area (Å²) in [6, 6.07) is 12.0. The summed E-state index contributed by atoms with van der Waals surface area (Å²) in [6.07, 6.45) is 0. The van der Waals surface area contributed by atoms with Gasteiger partial charge in [0.2, 0.25) is 0 Å². The molecule has 2 rings (SSSR count). The lowest BCUT2D eigenvalue weighted by molar-refractivity contribution is 0.271. The molecule has 0 aliphatic heterocycles. The molecule has 1 aromatic carbocycles. The molecule has 102 valence electrons. The van der Waals surface area contributed by atoms with Crippen LogP contribution in [0.15, 0.2) is 36.4 Å². The third kappa shape index (κ3) is 4.77. The molecule has 0 unspecified atom stereocenters. The van der Waals surface area contributed by atoms with Crippen molar-refractivity contribution in [3.05, 3.63) is 45.6 Å². The van der Waals surface area contributed by atoms with Crippen molar-refractivity contribution in [1.29, 1.82) is 0 Å². The van der Waals surface area contributed by atoms with Gasteiger partial charge in [0.15, 0.2) is 0 Å². The maximum Gasteiger partial charge on any atom is 0.121 e. The Balaban J connectivity index is 1.91. The molecule has 1 N–H and O–H groups in total. The van der Waals surface area contributed by atoms with Crippen LogP contribution < -0.4 is 10.1 Å². The average Bonchev–Trinajstić information content (AvgIpc) is 2.80. The van der Waals surface area contributed by atoms with Crippen LogP contribution in [0.4, 0.5) is 5.69 Å². The van der Waals surface area contributed by atoms with Crippen molar-refractivity contribution < 1.29 is 4.74 Å². The van der Waals surface area contributed by atoms with Crippen molar-refractivity contribution in [3.8, 4) is 5.75 Å².